The van der Waals surface area contributed by atoms with Gasteiger partial charge in [0.1, 0.15) is 0 Å². The second-order valence-electron chi connectivity index (χ2n) is 5.31. The first-order valence-electron chi connectivity index (χ1n) is 7.03. The van der Waals surface area contributed by atoms with Gasteiger partial charge in [-0.2, -0.15) is 0 Å². The van der Waals surface area contributed by atoms with Crippen LogP contribution >= 0.6 is 0 Å². The molecule has 1 saturated heterocycles. The first-order valence-corrected chi connectivity index (χ1v) is 7.03. The van der Waals surface area contributed by atoms with E-state index in [0.717, 1.165) is 32.6 Å². The fourth-order valence-corrected chi connectivity index (χ4v) is 2.49. The predicted molar refractivity (Wildman–Crippen MR) is 79.5 cm³/mol. The van der Waals surface area contributed by atoms with Crippen molar-refractivity contribution >= 4 is 11.7 Å². The van der Waals surface area contributed by atoms with Crippen LogP contribution in [0.15, 0.2) is 29.4 Å². The maximum atomic E-state index is 12.4. The van der Waals surface area contributed by atoms with Gasteiger partial charge in [-0.15, -0.1) is 0 Å². The fourth-order valence-electron chi connectivity index (χ4n) is 2.49. The Morgan fingerprint density at radius 2 is 2.10 bits per heavy atom. The number of carbonyl (C=O) groups is 1. The molecule has 0 aliphatic carbocycles. The van der Waals surface area contributed by atoms with Gasteiger partial charge < -0.3 is 20.6 Å². The molecule has 114 valence electrons. The van der Waals surface area contributed by atoms with Crippen LogP contribution in [0.3, 0.4) is 0 Å². The molecule has 6 heteroatoms. The summed E-state index contributed by atoms with van der Waals surface area (Å²) in [6.45, 7) is 2.26. The molecule has 0 atom stereocenters. The smallest absolute Gasteiger partial charge is 0.253 e. The van der Waals surface area contributed by atoms with Crippen molar-refractivity contribution in [3.05, 3.63) is 35.4 Å². The van der Waals surface area contributed by atoms with E-state index in [1.165, 1.54) is 0 Å². The van der Waals surface area contributed by atoms with Gasteiger partial charge in [0.05, 0.1) is 0 Å². The number of ether oxygens (including phenoxy) is 1. The molecule has 1 amide bonds. The topological polar surface area (TPSA) is 88.2 Å². The van der Waals surface area contributed by atoms with Crippen LogP contribution in [0.5, 0.6) is 0 Å². The molecule has 0 aromatic heterocycles. The number of benzene rings is 1. The van der Waals surface area contributed by atoms with Gasteiger partial charge in [0.2, 0.25) is 0 Å². The number of oxime groups is 1. The molecular weight excluding hydrogens is 270 g/mol. The second kappa shape index (κ2) is 7.08. The molecule has 0 spiro atoms. The van der Waals surface area contributed by atoms with Gasteiger partial charge in [-0.1, -0.05) is 17.3 Å². The van der Waals surface area contributed by atoms with Crippen molar-refractivity contribution in [1.82, 2.24) is 4.90 Å². The molecule has 2 rings (SSSR count). The minimum absolute atomic E-state index is 0.00303. The Bertz CT molecular complexity index is 525. The molecule has 6 nitrogen and oxygen atoms in total. The summed E-state index contributed by atoms with van der Waals surface area (Å²) in [7, 11) is 1.80. The van der Waals surface area contributed by atoms with Crippen molar-refractivity contribution in [2.24, 2.45) is 16.8 Å². The third kappa shape index (κ3) is 3.95. The second-order valence-corrected chi connectivity index (χ2v) is 5.31. The van der Waals surface area contributed by atoms with Crippen LogP contribution in [-0.2, 0) is 4.74 Å². The van der Waals surface area contributed by atoms with E-state index in [2.05, 4.69) is 5.16 Å². The molecule has 0 bridgehead atoms. The summed E-state index contributed by atoms with van der Waals surface area (Å²) in [5.41, 5.74) is 6.62. The van der Waals surface area contributed by atoms with Crippen molar-refractivity contribution in [2.45, 2.75) is 12.8 Å². The van der Waals surface area contributed by atoms with Gasteiger partial charge in [-0.3, -0.25) is 4.79 Å². The molecule has 1 heterocycles. The summed E-state index contributed by atoms with van der Waals surface area (Å²) >= 11 is 0. The standard InChI is InChI=1S/C15H21N3O3/c1-18(10-11-5-7-21-8-6-11)15(19)13-4-2-3-12(9-13)14(16)17-20/h2-4,9,11,20H,5-8,10H2,1H3,(H2,16,17). The van der Waals surface area contributed by atoms with Crippen LogP contribution in [0, 0.1) is 5.92 Å². The fraction of sp³-hybridized carbons (Fsp3) is 0.467. The Morgan fingerprint density at radius 1 is 1.43 bits per heavy atom. The number of hydrogen-bond acceptors (Lipinski definition) is 4. The molecule has 0 radical (unpaired) electrons. The molecule has 1 aliphatic heterocycles. The molecule has 21 heavy (non-hydrogen) atoms. The molecule has 1 aliphatic rings. The average molecular weight is 291 g/mol. The maximum absolute atomic E-state index is 12.4. The van der Waals surface area contributed by atoms with Crippen molar-refractivity contribution in [3.8, 4) is 0 Å². The number of nitrogens with zero attached hydrogens (tertiary/aromatic N) is 2. The third-order valence-corrected chi connectivity index (χ3v) is 3.73. The summed E-state index contributed by atoms with van der Waals surface area (Å²) in [6.07, 6.45) is 1.98. The van der Waals surface area contributed by atoms with Crippen molar-refractivity contribution < 1.29 is 14.7 Å². The van der Waals surface area contributed by atoms with E-state index in [0.29, 0.717) is 17.0 Å². The zero-order valence-corrected chi connectivity index (χ0v) is 12.2. The monoisotopic (exact) mass is 291 g/mol. The zero-order valence-electron chi connectivity index (χ0n) is 12.2. The summed E-state index contributed by atoms with van der Waals surface area (Å²) in [6, 6.07) is 6.79. The number of amides is 1. The lowest BCUT2D eigenvalue weighted by molar-refractivity contribution is 0.0497. The molecule has 0 unspecified atom stereocenters. The molecule has 0 saturated carbocycles. The Hall–Kier alpha value is -2.08. The number of nitrogens with two attached hydrogens (primary N) is 1. The quantitative estimate of drug-likeness (QED) is 0.378. The van der Waals surface area contributed by atoms with Gasteiger partial charge in [-0.25, -0.2) is 0 Å². The number of amidine groups is 1. The number of hydrogen-bond donors (Lipinski definition) is 2. The van der Waals surface area contributed by atoms with Crippen LogP contribution in [-0.4, -0.2) is 48.7 Å². The Balaban J connectivity index is 2.04. The van der Waals surface area contributed by atoms with E-state index in [1.807, 2.05) is 0 Å². The number of rotatable bonds is 4. The van der Waals surface area contributed by atoms with Gasteiger partial charge >= 0.3 is 0 Å². The van der Waals surface area contributed by atoms with E-state index >= 15 is 0 Å². The summed E-state index contributed by atoms with van der Waals surface area (Å²) in [4.78, 5) is 14.2. The van der Waals surface area contributed by atoms with Crippen LogP contribution in [0.4, 0.5) is 0 Å². The lowest BCUT2D eigenvalue weighted by atomic mass is 9.99. The molecule has 3 N–H and O–H groups in total. The lowest BCUT2D eigenvalue weighted by Gasteiger charge is -2.27. The largest absolute Gasteiger partial charge is 0.409 e. The van der Waals surface area contributed by atoms with Crippen LogP contribution in [0.25, 0.3) is 0 Å². The SMILES string of the molecule is CN(CC1CCOCC1)C(=O)c1cccc(C(N)=NO)c1. The first-order chi connectivity index (χ1) is 10.1. The minimum atomic E-state index is -0.0610. The molecular formula is C15H21N3O3. The van der Waals surface area contributed by atoms with Crippen LogP contribution < -0.4 is 5.73 Å². The van der Waals surface area contributed by atoms with Gasteiger partial charge in [-0.05, 0) is 30.9 Å². The zero-order chi connectivity index (χ0) is 15.2. The highest BCUT2D eigenvalue weighted by atomic mass is 16.5. The Kier molecular flexibility index (Phi) is 5.16. The van der Waals surface area contributed by atoms with E-state index in [1.54, 1.807) is 36.2 Å². The summed E-state index contributed by atoms with van der Waals surface area (Å²) in [5.74, 6) is 0.422. The molecule has 1 aromatic carbocycles. The van der Waals surface area contributed by atoms with E-state index < -0.39 is 0 Å². The van der Waals surface area contributed by atoms with Crippen LogP contribution in [0.2, 0.25) is 0 Å². The van der Waals surface area contributed by atoms with E-state index in [-0.39, 0.29) is 11.7 Å². The summed E-state index contributed by atoms with van der Waals surface area (Å²) in [5, 5.41) is 11.7. The van der Waals surface area contributed by atoms with E-state index in [9.17, 15) is 4.79 Å². The van der Waals surface area contributed by atoms with E-state index in [4.69, 9.17) is 15.7 Å². The highest BCUT2D eigenvalue weighted by Gasteiger charge is 2.19. The summed E-state index contributed by atoms with van der Waals surface area (Å²) < 4.78 is 5.33. The van der Waals surface area contributed by atoms with Crippen molar-refractivity contribution in [2.75, 3.05) is 26.8 Å². The third-order valence-electron chi connectivity index (χ3n) is 3.73. The molecule has 1 fully saturated rings. The highest BCUT2D eigenvalue weighted by molar-refractivity contribution is 6.01. The Morgan fingerprint density at radius 3 is 2.76 bits per heavy atom. The van der Waals surface area contributed by atoms with Crippen molar-refractivity contribution in [3.63, 3.8) is 0 Å². The van der Waals surface area contributed by atoms with Crippen molar-refractivity contribution in [1.29, 1.82) is 0 Å². The first kappa shape index (κ1) is 15.3. The minimum Gasteiger partial charge on any atom is -0.409 e. The maximum Gasteiger partial charge on any atom is 0.253 e. The van der Waals surface area contributed by atoms with Gasteiger partial charge in [0.25, 0.3) is 5.91 Å². The van der Waals surface area contributed by atoms with Gasteiger partial charge in [0, 0.05) is 37.9 Å². The van der Waals surface area contributed by atoms with Gasteiger partial charge in [0.15, 0.2) is 5.84 Å². The Labute approximate surface area is 124 Å². The highest BCUT2D eigenvalue weighted by Crippen LogP contribution is 2.17. The molecule has 1 aromatic rings. The normalized spacial score (nSPS) is 16.7. The average Bonchev–Trinajstić information content (AvgIpc) is 2.54. The number of carbonyl (C=O) groups excluding carboxylic acids is 1. The van der Waals surface area contributed by atoms with Crippen LogP contribution in [0.1, 0.15) is 28.8 Å². The lowest BCUT2D eigenvalue weighted by Crippen LogP contribution is -2.34. The predicted octanol–water partition coefficient (Wildman–Crippen LogP) is 1.28.